The van der Waals surface area contributed by atoms with E-state index in [4.69, 9.17) is 0 Å². The molecule has 0 N–H and O–H groups in total. The molecule has 0 nitrogen and oxygen atoms in total. The third-order valence-corrected chi connectivity index (χ3v) is 12.5. The number of benzene rings is 1. The summed E-state index contributed by atoms with van der Waals surface area (Å²) in [5.74, 6) is 0. The molecule has 0 saturated heterocycles. The summed E-state index contributed by atoms with van der Waals surface area (Å²) in [6.45, 7) is 4.62. The number of rotatable bonds is 46. The number of aryl methyl sites for hydroxylation is 2. The van der Waals surface area contributed by atoms with E-state index in [-0.39, 0.29) is 0 Å². The summed E-state index contributed by atoms with van der Waals surface area (Å²) in [6, 6.07) is 10.5. The third-order valence-electron chi connectivity index (χ3n) is 12.5. The maximum Gasteiger partial charge on any atom is -0.0178 e. The standard InChI is InChI=1S/C54H101/c1-3-5-7-9-11-13-15-17-19-21-23-25-27-29-31-33-35-37-39-41-43-45-48-53-50-47-51-54(52-53)49-46-44-42-40-38-36-34-32-30-28-26-24-22-20-18-16-14-12-10-8-6-4-2/h50-52H,3-46,48-49H2,1-2H3. The molecule has 0 aliphatic heterocycles. The van der Waals surface area contributed by atoms with Gasteiger partial charge in [0.15, 0.2) is 0 Å². The molecule has 317 valence electrons. The van der Waals surface area contributed by atoms with Crippen LogP contribution in [0.25, 0.3) is 0 Å². The fraction of sp³-hybridized carbons (Fsp3) is 0.889. The summed E-state index contributed by atoms with van der Waals surface area (Å²) in [5.41, 5.74) is 3.05. The van der Waals surface area contributed by atoms with Crippen molar-refractivity contribution in [2.75, 3.05) is 0 Å². The molecular formula is C54H101. The van der Waals surface area contributed by atoms with E-state index < -0.39 is 0 Å². The van der Waals surface area contributed by atoms with Crippen molar-refractivity contribution in [2.24, 2.45) is 0 Å². The van der Waals surface area contributed by atoms with E-state index in [0.29, 0.717) is 0 Å². The topological polar surface area (TPSA) is 0 Å². The lowest BCUT2D eigenvalue weighted by atomic mass is 9.99. The Morgan fingerprint density at radius 2 is 0.407 bits per heavy atom. The second-order valence-corrected chi connectivity index (χ2v) is 18.1. The first-order chi connectivity index (χ1) is 26.9. The van der Waals surface area contributed by atoms with Crippen LogP contribution in [0.3, 0.4) is 0 Å². The van der Waals surface area contributed by atoms with Crippen molar-refractivity contribution in [3.05, 3.63) is 35.4 Å². The fourth-order valence-corrected chi connectivity index (χ4v) is 8.74. The van der Waals surface area contributed by atoms with Gasteiger partial charge in [-0.05, 0) is 42.9 Å². The summed E-state index contributed by atoms with van der Waals surface area (Å²) in [4.78, 5) is 0. The maximum absolute atomic E-state index is 3.46. The lowest BCUT2D eigenvalue weighted by Crippen LogP contribution is -1.91. The van der Waals surface area contributed by atoms with Crippen molar-refractivity contribution in [3.63, 3.8) is 0 Å². The van der Waals surface area contributed by atoms with Crippen LogP contribution >= 0.6 is 0 Å². The van der Waals surface area contributed by atoms with Crippen LogP contribution in [0.1, 0.15) is 307 Å². The predicted molar refractivity (Wildman–Crippen MR) is 247 cm³/mol. The van der Waals surface area contributed by atoms with Gasteiger partial charge >= 0.3 is 0 Å². The van der Waals surface area contributed by atoms with E-state index in [0.717, 1.165) is 0 Å². The van der Waals surface area contributed by atoms with E-state index in [1.165, 1.54) is 306 Å². The van der Waals surface area contributed by atoms with Crippen molar-refractivity contribution >= 4 is 0 Å². The minimum Gasteiger partial charge on any atom is -0.0654 e. The molecule has 0 atom stereocenters. The molecule has 0 amide bonds. The Kier molecular flexibility index (Phi) is 42.6. The zero-order chi connectivity index (χ0) is 38.5. The molecule has 0 bridgehead atoms. The van der Waals surface area contributed by atoms with E-state index in [9.17, 15) is 0 Å². The highest BCUT2D eigenvalue weighted by Crippen LogP contribution is 2.19. The Morgan fingerprint density at radius 1 is 0.241 bits per heavy atom. The summed E-state index contributed by atoms with van der Waals surface area (Å²) in [5, 5.41) is 0. The number of unbranched alkanes of at least 4 members (excludes halogenated alkanes) is 42. The highest BCUT2D eigenvalue weighted by molar-refractivity contribution is 5.22. The first-order valence-corrected chi connectivity index (χ1v) is 25.9. The largest absolute Gasteiger partial charge is 0.0654 e. The molecule has 0 spiro atoms. The average molecular weight is 750 g/mol. The number of hydrogen-bond donors (Lipinski definition) is 0. The molecule has 1 radical (unpaired) electrons. The van der Waals surface area contributed by atoms with Gasteiger partial charge in [0.25, 0.3) is 0 Å². The summed E-state index contributed by atoms with van der Waals surface area (Å²) in [6.07, 6.45) is 66.7. The van der Waals surface area contributed by atoms with Crippen LogP contribution in [0.4, 0.5) is 0 Å². The SMILES string of the molecule is CCCCCCCCCCCCCCCCCCCCCCCCc1c[c]cc(CCCCCCCCCCCCCCCCCCCCCCCC)c1. The van der Waals surface area contributed by atoms with Crippen molar-refractivity contribution in [1.29, 1.82) is 0 Å². The van der Waals surface area contributed by atoms with E-state index in [2.05, 4.69) is 38.1 Å². The minimum atomic E-state index is 1.25. The predicted octanol–water partition coefficient (Wildman–Crippen LogP) is 19.8. The molecule has 0 aliphatic rings. The molecule has 0 heteroatoms. The highest BCUT2D eigenvalue weighted by atomic mass is 14.1. The molecule has 54 heavy (non-hydrogen) atoms. The molecule has 0 aromatic heterocycles. The molecule has 0 fully saturated rings. The van der Waals surface area contributed by atoms with Gasteiger partial charge in [-0.3, -0.25) is 0 Å². The molecule has 1 aromatic carbocycles. The molecule has 1 rings (SSSR count). The maximum atomic E-state index is 3.46. The molecule has 0 aliphatic carbocycles. The first-order valence-electron chi connectivity index (χ1n) is 25.9. The monoisotopic (exact) mass is 750 g/mol. The second kappa shape index (κ2) is 44.9. The fourth-order valence-electron chi connectivity index (χ4n) is 8.74. The summed E-state index contributed by atoms with van der Waals surface area (Å²) < 4.78 is 0. The molecule has 0 heterocycles. The Hall–Kier alpha value is -0.780. The van der Waals surface area contributed by atoms with Gasteiger partial charge in [-0.15, -0.1) is 0 Å². The van der Waals surface area contributed by atoms with E-state index in [1.54, 1.807) is 0 Å². The van der Waals surface area contributed by atoms with Gasteiger partial charge in [0.2, 0.25) is 0 Å². The van der Waals surface area contributed by atoms with Gasteiger partial charge in [0.05, 0.1) is 0 Å². The summed E-state index contributed by atoms with van der Waals surface area (Å²) >= 11 is 0. The van der Waals surface area contributed by atoms with Crippen molar-refractivity contribution in [1.82, 2.24) is 0 Å². The average Bonchev–Trinajstić information content (AvgIpc) is 3.19. The first kappa shape index (κ1) is 51.2. The van der Waals surface area contributed by atoms with E-state index in [1.807, 2.05) is 0 Å². The molecule has 0 saturated carbocycles. The minimum absolute atomic E-state index is 1.25. The Balaban J connectivity index is 1.78. The zero-order valence-electron chi connectivity index (χ0n) is 37.8. The van der Waals surface area contributed by atoms with Gasteiger partial charge in [0, 0.05) is 0 Å². The summed E-state index contributed by atoms with van der Waals surface area (Å²) in [7, 11) is 0. The Bertz CT molecular complexity index is 745. The second-order valence-electron chi connectivity index (χ2n) is 18.1. The van der Waals surface area contributed by atoms with Crippen LogP contribution in [0.2, 0.25) is 0 Å². The van der Waals surface area contributed by atoms with Crippen molar-refractivity contribution < 1.29 is 0 Å². The number of hydrogen-bond acceptors (Lipinski definition) is 0. The van der Waals surface area contributed by atoms with Crippen LogP contribution in [0.5, 0.6) is 0 Å². The van der Waals surface area contributed by atoms with Gasteiger partial charge in [-0.25, -0.2) is 0 Å². The van der Waals surface area contributed by atoms with Crippen LogP contribution in [-0.2, 0) is 12.8 Å². The Morgan fingerprint density at radius 3 is 0.593 bits per heavy atom. The molecule has 0 unspecified atom stereocenters. The van der Waals surface area contributed by atoms with Crippen LogP contribution in [-0.4, -0.2) is 0 Å². The Labute approximate surface area is 343 Å². The van der Waals surface area contributed by atoms with Crippen LogP contribution in [0.15, 0.2) is 18.2 Å². The van der Waals surface area contributed by atoms with Crippen LogP contribution < -0.4 is 0 Å². The quantitative estimate of drug-likeness (QED) is 0.0582. The van der Waals surface area contributed by atoms with Gasteiger partial charge in [0.1, 0.15) is 0 Å². The highest BCUT2D eigenvalue weighted by Gasteiger charge is 2.01. The van der Waals surface area contributed by atoms with Crippen LogP contribution in [0, 0.1) is 6.07 Å². The zero-order valence-corrected chi connectivity index (χ0v) is 37.8. The van der Waals surface area contributed by atoms with E-state index >= 15 is 0 Å². The van der Waals surface area contributed by atoms with Crippen molar-refractivity contribution in [3.8, 4) is 0 Å². The van der Waals surface area contributed by atoms with Gasteiger partial charge in [-0.1, -0.05) is 302 Å². The normalized spacial score (nSPS) is 11.6. The lowest BCUT2D eigenvalue weighted by molar-refractivity contribution is 0.519. The van der Waals surface area contributed by atoms with Gasteiger partial charge < -0.3 is 0 Å². The smallest absolute Gasteiger partial charge is 0.0178 e. The van der Waals surface area contributed by atoms with Gasteiger partial charge in [-0.2, -0.15) is 0 Å². The molecular weight excluding hydrogens is 649 g/mol. The lowest BCUT2D eigenvalue weighted by Gasteiger charge is -2.07. The third kappa shape index (κ3) is 39.5. The molecule has 1 aromatic rings. The van der Waals surface area contributed by atoms with Crippen molar-refractivity contribution in [2.45, 2.75) is 309 Å².